The van der Waals surface area contributed by atoms with Crippen LogP contribution in [0.5, 0.6) is 0 Å². The maximum Gasteiger partial charge on any atom is 0.0498 e. The Labute approximate surface area is 138 Å². The smallest absolute Gasteiger partial charge is 0.0498 e. The highest BCUT2D eigenvalue weighted by Crippen LogP contribution is 2.33. The summed E-state index contributed by atoms with van der Waals surface area (Å²) in [5.41, 5.74) is 12.0. The number of unbranched alkanes of at least 4 members (excludes halogenated alkanes) is 1. The summed E-state index contributed by atoms with van der Waals surface area (Å²) in [5, 5.41) is 1.33. The Bertz CT molecular complexity index is 786. The molecule has 1 aromatic heterocycles. The number of aromatic nitrogens is 1. The second-order valence-electron chi connectivity index (χ2n) is 6.21. The van der Waals surface area contributed by atoms with Gasteiger partial charge in [0.2, 0.25) is 0 Å². The van der Waals surface area contributed by atoms with Gasteiger partial charge in [0.05, 0.1) is 0 Å². The fraction of sp³-hybridized carbons (Fsp3) is 0.300. The molecule has 3 heteroatoms. The molecule has 0 aliphatic carbocycles. The third-order valence-corrected chi connectivity index (χ3v) is 4.35. The van der Waals surface area contributed by atoms with Crippen molar-refractivity contribution in [3.05, 3.63) is 54.1 Å². The summed E-state index contributed by atoms with van der Waals surface area (Å²) < 4.78 is 0. The molecule has 3 N–H and O–H groups in total. The van der Waals surface area contributed by atoms with E-state index >= 15 is 0 Å². The van der Waals surface area contributed by atoms with E-state index in [-0.39, 0.29) is 0 Å². The van der Waals surface area contributed by atoms with Gasteiger partial charge in [-0.25, -0.2) is 0 Å². The number of aromatic amines is 1. The lowest BCUT2D eigenvalue weighted by atomic mass is 10.00. The Hall–Kier alpha value is -2.26. The minimum Gasteiger partial charge on any atom is -0.378 e. The Morgan fingerprint density at radius 2 is 1.83 bits per heavy atom. The van der Waals surface area contributed by atoms with Crippen molar-refractivity contribution in [1.29, 1.82) is 0 Å². The van der Waals surface area contributed by atoms with Crippen LogP contribution in [0.3, 0.4) is 0 Å². The third-order valence-electron chi connectivity index (χ3n) is 4.35. The van der Waals surface area contributed by atoms with Crippen molar-refractivity contribution in [2.24, 2.45) is 5.73 Å². The molecule has 0 spiro atoms. The van der Waals surface area contributed by atoms with Gasteiger partial charge in [-0.2, -0.15) is 0 Å². The molecule has 23 heavy (non-hydrogen) atoms. The van der Waals surface area contributed by atoms with Crippen molar-refractivity contribution < 1.29 is 0 Å². The molecule has 0 bridgehead atoms. The molecular formula is C20H25N3. The third kappa shape index (κ3) is 3.25. The number of nitrogens with zero attached hydrogens (tertiary/aromatic N) is 1. The summed E-state index contributed by atoms with van der Waals surface area (Å²) in [6.07, 6.45) is 3.25. The topological polar surface area (TPSA) is 45.0 Å². The maximum atomic E-state index is 5.67. The van der Waals surface area contributed by atoms with Gasteiger partial charge in [-0.1, -0.05) is 30.3 Å². The van der Waals surface area contributed by atoms with Gasteiger partial charge in [0.1, 0.15) is 0 Å². The van der Waals surface area contributed by atoms with Gasteiger partial charge in [0.15, 0.2) is 0 Å². The highest BCUT2D eigenvalue weighted by Gasteiger charge is 2.13. The lowest BCUT2D eigenvalue weighted by Crippen LogP contribution is -2.08. The number of hydrogen-bond donors (Lipinski definition) is 2. The number of para-hydroxylation sites is 1. The molecule has 3 aromatic rings. The monoisotopic (exact) mass is 307 g/mol. The largest absolute Gasteiger partial charge is 0.378 e. The first kappa shape index (κ1) is 15.6. The van der Waals surface area contributed by atoms with Crippen LogP contribution in [-0.4, -0.2) is 25.6 Å². The fourth-order valence-corrected chi connectivity index (χ4v) is 3.09. The van der Waals surface area contributed by atoms with Crippen molar-refractivity contribution in [1.82, 2.24) is 4.98 Å². The van der Waals surface area contributed by atoms with E-state index in [0.717, 1.165) is 25.8 Å². The van der Waals surface area contributed by atoms with Gasteiger partial charge in [-0.3, -0.25) is 0 Å². The van der Waals surface area contributed by atoms with E-state index in [1.807, 2.05) is 0 Å². The molecule has 0 radical (unpaired) electrons. The highest BCUT2D eigenvalue weighted by molar-refractivity contribution is 5.91. The van der Waals surface area contributed by atoms with E-state index in [0.29, 0.717) is 0 Å². The first-order valence-electron chi connectivity index (χ1n) is 8.28. The van der Waals surface area contributed by atoms with Crippen LogP contribution in [0.25, 0.3) is 22.2 Å². The van der Waals surface area contributed by atoms with E-state index in [4.69, 9.17) is 5.73 Å². The molecule has 0 aliphatic heterocycles. The van der Waals surface area contributed by atoms with E-state index < -0.39 is 0 Å². The van der Waals surface area contributed by atoms with Crippen molar-refractivity contribution in [3.63, 3.8) is 0 Å². The number of anilines is 1. The number of benzene rings is 2. The van der Waals surface area contributed by atoms with Crippen molar-refractivity contribution in [2.45, 2.75) is 19.3 Å². The molecular weight excluding hydrogens is 282 g/mol. The molecule has 0 fully saturated rings. The van der Waals surface area contributed by atoms with Crippen LogP contribution in [0.4, 0.5) is 5.69 Å². The first-order chi connectivity index (χ1) is 11.2. The molecule has 0 saturated heterocycles. The molecule has 120 valence electrons. The fourth-order valence-electron chi connectivity index (χ4n) is 3.09. The van der Waals surface area contributed by atoms with Crippen molar-refractivity contribution in [3.8, 4) is 11.3 Å². The summed E-state index contributed by atoms with van der Waals surface area (Å²) >= 11 is 0. The highest BCUT2D eigenvalue weighted by atomic mass is 15.1. The van der Waals surface area contributed by atoms with Crippen LogP contribution in [0.15, 0.2) is 48.5 Å². The molecule has 0 amide bonds. The number of rotatable bonds is 6. The second-order valence-corrected chi connectivity index (χ2v) is 6.21. The van der Waals surface area contributed by atoms with E-state index in [1.165, 1.54) is 33.4 Å². The molecule has 1 heterocycles. The maximum absolute atomic E-state index is 5.67. The van der Waals surface area contributed by atoms with Gasteiger partial charge in [0.25, 0.3) is 0 Å². The molecule has 3 rings (SSSR count). The van der Waals surface area contributed by atoms with E-state index in [9.17, 15) is 0 Å². The molecule has 0 aliphatic rings. The number of nitrogens with one attached hydrogen (secondary N) is 1. The summed E-state index contributed by atoms with van der Waals surface area (Å²) in [6, 6.07) is 17.3. The number of nitrogens with two attached hydrogens (primary N) is 1. The Morgan fingerprint density at radius 1 is 1.00 bits per heavy atom. The van der Waals surface area contributed by atoms with Gasteiger partial charge in [0, 0.05) is 41.9 Å². The average Bonchev–Trinajstić information content (AvgIpc) is 2.94. The van der Waals surface area contributed by atoms with Gasteiger partial charge < -0.3 is 15.6 Å². The lowest BCUT2D eigenvalue weighted by molar-refractivity contribution is 0.748. The average molecular weight is 307 g/mol. The molecule has 0 atom stereocenters. The van der Waals surface area contributed by atoms with Gasteiger partial charge in [-0.05, 0) is 49.6 Å². The number of hydrogen-bond acceptors (Lipinski definition) is 2. The summed E-state index contributed by atoms with van der Waals surface area (Å²) in [4.78, 5) is 5.76. The molecule has 3 nitrogen and oxygen atoms in total. The van der Waals surface area contributed by atoms with Crippen LogP contribution < -0.4 is 10.6 Å². The molecule has 2 aromatic carbocycles. The zero-order valence-electron chi connectivity index (χ0n) is 14.0. The van der Waals surface area contributed by atoms with E-state index in [2.05, 4.69) is 72.5 Å². The van der Waals surface area contributed by atoms with Crippen molar-refractivity contribution in [2.75, 3.05) is 25.5 Å². The summed E-state index contributed by atoms with van der Waals surface area (Å²) in [5.74, 6) is 0. The second kappa shape index (κ2) is 6.88. The minimum absolute atomic E-state index is 0.758. The Morgan fingerprint density at radius 3 is 2.61 bits per heavy atom. The van der Waals surface area contributed by atoms with Crippen LogP contribution in [0.1, 0.15) is 18.4 Å². The predicted octanol–water partition coefficient (Wildman–Crippen LogP) is 4.18. The zero-order chi connectivity index (χ0) is 16.2. The Kier molecular flexibility index (Phi) is 4.68. The lowest BCUT2D eigenvalue weighted by Gasteiger charge is -2.14. The number of aryl methyl sites for hydroxylation is 1. The first-order valence-corrected chi connectivity index (χ1v) is 8.28. The van der Waals surface area contributed by atoms with Crippen LogP contribution in [0.2, 0.25) is 0 Å². The normalized spacial score (nSPS) is 11.1. The van der Waals surface area contributed by atoms with Gasteiger partial charge in [-0.15, -0.1) is 0 Å². The zero-order valence-corrected chi connectivity index (χ0v) is 14.0. The predicted molar refractivity (Wildman–Crippen MR) is 100 cm³/mol. The van der Waals surface area contributed by atoms with Gasteiger partial charge >= 0.3 is 0 Å². The summed E-state index contributed by atoms with van der Waals surface area (Å²) in [6.45, 7) is 0.758. The quantitative estimate of drug-likeness (QED) is 0.671. The standard InChI is InChI=1S/C20H25N3/c1-23(2)16-9-7-8-15(14-16)20-18(11-5-6-13-21)17-10-3-4-12-19(17)22-20/h3-4,7-10,12,14,22H,5-6,11,13,21H2,1-2H3. The molecule has 0 unspecified atom stereocenters. The van der Waals surface area contributed by atoms with Crippen LogP contribution in [0, 0.1) is 0 Å². The molecule has 0 saturated carbocycles. The number of H-pyrrole nitrogens is 1. The van der Waals surface area contributed by atoms with Crippen LogP contribution >= 0.6 is 0 Å². The van der Waals surface area contributed by atoms with Crippen molar-refractivity contribution >= 4 is 16.6 Å². The number of fused-ring (bicyclic) bond motifs is 1. The minimum atomic E-state index is 0.758. The summed E-state index contributed by atoms with van der Waals surface area (Å²) in [7, 11) is 4.15. The van der Waals surface area contributed by atoms with E-state index in [1.54, 1.807) is 0 Å². The SMILES string of the molecule is CN(C)c1cccc(-c2[nH]c3ccccc3c2CCCCN)c1. The Balaban J connectivity index is 2.08. The van der Waals surface area contributed by atoms with Crippen LogP contribution in [-0.2, 0) is 6.42 Å².